The Bertz CT molecular complexity index is 544. The van der Waals surface area contributed by atoms with E-state index in [1.807, 2.05) is 17.9 Å². The quantitative estimate of drug-likeness (QED) is 0.923. The zero-order valence-electron chi connectivity index (χ0n) is 13.3. The molecule has 1 heterocycles. The predicted molar refractivity (Wildman–Crippen MR) is 86.3 cm³/mol. The minimum Gasteiger partial charge on any atom is -0.374 e. The molecule has 1 N–H and O–H groups in total. The molecule has 0 radical (unpaired) electrons. The summed E-state index contributed by atoms with van der Waals surface area (Å²) in [6.45, 7) is 2.90. The van der Waals surface area contributed by atoms with E-state index in [9.17, 15) is 9.18 Å². The Morgan fingerprint density at radius 3 is 2.86 bits per heavy atom. The molecule has 1 aromatic rings. The van der Waals surface area contributed by atoms with Crippen LogP contribution in [-0.4, -0.2) is 29.9 Å². The summed E-state index contributed by atoms with van der Waals surface area (Å²) in [7, 11) is 0. The van der Waals surface area contributed by atoms with Crippen LogP contribution in [0.1, 0.15) is 44.1 Å². The van der Waals surface area contributed by atoms with Crippen LogP contribution in [0.3, 0.4) is 0 Å². The number of fused-ring (bicyclic) bond motifs is 1. The third-order valence-corrected chi connectivity index (χ3v) is 5.12. The fourth-order valence-corrected chi connectivity index (χ4v) is 3.97. The van der Waals surface area contributed by atoms with Gasteiger partial charge >= 0.3 is 0 Å². The lowest BCUT2D eigenvalue weighted by Gasteiger charge is -2.44. The van der Waals surface area contributed by atoms with E-state index in [4.69, 9.17) is 0 Å². The molecule has 0 aromatic heterocycles. The van der Waals surface area contributed by atoms with Crippen LogP contribution in [0.25, 0.3) is 0 Å². The number of halogens is 1. The van der Waals surface area contributed by atoms with Crippen LogP contribution in [0.2, 0.25) is 0 Å². The number of amides is 1. The largest absolute Gasteiger partial charge is 0.374 e. The lowest BCUT2D eigenvalue weighted by molar-refractivity contribution is -0.135. The SMILES string of the molecule is Cc1ccc(NCC(=O)N2CCCC3CCCCC32)c(F)c1. The molecule has 22 heavy (non-hydrogen) atoms. The monoisotopic (exact) mass is 304 g/mol. The van der Waals surface area contributed by atoms with Gasteiger partial charge in [0.25, 0.3) is 0 Å². The molecule has 1 saturated heterocycles. The summed E-state index contributed by atoms with van der Waals surface area (Å²) in [5.41, 5.74) is 1.30. The molecule has 0 bridgehead atoms. The summed E-state index contributed by atoms with van der Waals surface area (Å²) in [5, 5.41) is 2.97. The van der Waals surface area contributed by atoms with E-state index in [1.165, 1.54) is 31.7 Å². The van der Waals surface area contributed by atoms with E-state index >= 15 is 0 Å². The molecule has 0 spiro atoms. The van der Waals surface area contributed by atoms with E-state index in [0.717, 1.165) is 24.9 Å². The van der Waals surface area contributed by atoms with Crippen molar-refractivity contribution in [2.45, 2.75) is 51.5 Å². The Kier molecular flexibility index (Phi) is 4.65. The average molecular weight is 304 g/mol. The summed E-state index contributed by atoms with van der Waals surface area (Å²) in [5.74, 6) is 0.501. The van der Waals surface area contributed by atoms with Gasteiger partial charge in [0.1, 0.15) is 5.82 Å². The molecule has 120 valence electrons. The van der Waals surface area contributed by atoms with Gasteiger partial charge in [0.15, 0.2) is 0 Å². The maximum absolute atomic E-state index is 13.8. The first kappa shape index (κ1) is 15.3. The van der Waals surface area contributed by atoms with Crippen molar-refractivity contribution < 1.29 is 9.18 Å². The molecule has 2 unspecified atom stereocenters. The maximum atomic E-state index is 13.8. The van der Waals surface area contributed by atoms with E-state index in [0.29, 0.717) is 17.6 Å². The van der Waals surface area contributed by atoms with Crippen LogP contribution in [-0.2, 0) is 4.79 Å². The van der Waals surface area contributed by atoms with Crippen molar-refractivity contribution >= 4 is 11.6 Å². The Hall–Kier alpha value is -1.58. The van der Waals surface area contributed by atoms with Crippen molar-refractivity contribution in [1.82, 2.24) is 4.90 Å². The highest BCUT2D eigenvalue weighted by Crippen LogP contribution is 2.35. The highest BCUT2D eigenvalue weighted by Gasteiger charge is 2.35. The number of hydrogen-bond acceptors (Lipinski definition) is 2. The first-order valence-corrected chi connectivity index (χ1v) is 8.44. The van der Waals surface area contributed by atoms with Crippen LogP contribution in [0.4, 0.5) is 10.1 Å². The van der Waals surface area contributed by atoms with Crippen LogP contribution in [0.5, 0.6) is 0 Å². The highest BCUT2D eigenvalue weighted by molar-refractivity contribution is 5.81. The Morgan fingerprint density at radius 1 is 1.27 bits per heavy atom. The molecular formula is C18H25FN2O. The van der Waals surface area contributed by atoms with Crippen molar-refractivity contribution in [3.63, 3.8) is 0 Å². The van der Waals surface area contributed by atoms with Gasteiger partial charge in [-0.05, 0) is 56.2 Å². The molecule has 1 aromatic carbocycles. The van der Waals surface area contributed by atoms with Crippen molar-refractivity contribution in [3.8, 4) is 0 Å². The molecule has 2 fully saturated rings. The number of hydrogen-bond donors (Lipinski definition) is 1. The maximum Gasteiger partial charge on any atom is 0.242 e. The number of benzene rings is 1. The molecule has 2 aliphatic rings. The smallest absolute Gasteiger partial charge is 0.242 e. The Balaban J connectivity index is 1.61. The number of likely N-dealkylation sites (tertiary alicyclic amines) is 1. The fraction of sp³-hybridized carbons (Fsp3) is 0.611. The number of anilines is 1. The van der Waals surface area contributed by atoms with Gasteiger partial charge in [-0.1, -0.05) is 18.9 Å². The number of nitrogens with zero attached hydrogens (tertiary/aromatic N) is 1. The van der Waals surface area contributed by atoms with E-state index in [2.05, 4.69) is 5.32 Å². The number of carbonyl (C=O) groups is 1. The van der Waals surface area contributed by atoms with Gasteiger partial charge in [-0.15, -0.1) is 0 Å². The molecule has 3 nitrogen and oxygen atoms in total. The van der Waals surface area contributed by atoms with Crippen LogP contribution < -0.4 is 5.32 Å². The van der Waals surface area contributed by atoms with Crippen LogP contribution >= 0.6 is 0 Å². The zero-order chi connectivity index (χ0) is 15.5. The average Bonchev–Trinajstić information content (AvgIpc) is 2.53. The number of carbonyl (C=O) groups excluding carboxylic acids is 1. The van der Waals surface area contributed by atoms with Crippen molar-refractivity contribution in [3.05, 3.63) is 29.6 Å². The van der Waals surface area contributed by atoms with E-state index in [-0.39, 0.29) is 18.3 Å². The number of piperidine rings is 1. The molecule has 1 aliphatic heterocycles. The lowest BCUT2D eigenvalue weighted by atomic mass is 9.78. The fourth-order valence-electron chi connectivity index (χ4n) is 3.97. The molecular weight excluding hydrogens is 279 g/mol. The van der Waals surface area contributed by atoms with Gasteiger partial charge in [0.2, 0.25) is 5.91 Å². The highest BCUT2D eigenvalue weighted by atomic mass is 19.1. The Morgan fingerprint density at radius 2 is 2.05 bits per heavy atom. The minimum atomic E-state index is -0.290. The second kappa shape index (κ2) is 6.67. The van der Waals surface area contributed by atoms with Gasteiger partial charge in [-0.2, -0.15) is 0 Å². The van der Waals surface area contributed by atoms with Crippen molar-refractivity contribution in [2.75, 3.05) is 18.4 Å². The molecule has 1 amide bonds. The normalized spacial score (nSPS) is 24.7. The van der Waals surface area contributed by atoms with Gasteiger partial charge < -0.3 is 10.2 Å². The van der Waals surface area contributed by atoms with Crippen LogP contribution in [0.15, 0.2) is 18.2 Å². The first-order valence-electron chi connectivity index (χ1n) is 8.44. The standard InChI is InChI=1S/C18H25FN2O/c1-13-8-9-16(15(19)11-13)20-12-18(22)21-10-4-6-14-5-2-3-7-17(14)21/h8-9,11,14,17,20H,2-7,10,12H2,1H3. The summed E-state index contributed by atoms with van der Waals surface area (Å²) in [4.78, 5) is 14.6. The van der Waals surface area contributed by atoms with Gasteiger partial charge in [-0.3, -0.25) is 4.79 Å². The molecule has 1 aliphatic carbocycles. The predicted octanol–water partition coefficient (Wildman–Crippen LogP) is 3.73. The third-order valence-electron chi connectivity index (χ3n) is 5.12. The molecule has 2 atom stereocenters. The summed E-state index contributed by atoms with van der Waals surface area (Å²) >= 11 is 0. The zero-order valence-corrected chi connectivity index (χ0v) is 13.3. The summed E-state index contributed by atoms with van der Waals surface area (Å²) in [6.07, 6.45) is 7.28. The van der Waals surface area contributed by atoms with Crippen LogP contribution in [0, 0.1) is 18.7 Å². The second-order valence-electron chi connectivity index (χ2n) is 6.68. The van der Waals surface area contributed by atoms with Gasteiger partial charge in [0.05, 0.1) is 12.2 Å². The minimum absolute atomic E-state index is 0.108. The molecule has 3 rings (SSSR count). The summed E-state index contributed by atoms with van der Waals surface area (Å²) < 4.78 is 13.8. The third kappa shape index (κ3) is 3.26. The lowest BCUT2D eigenvalue weighted by Crippen LogP contribution is -2.51. The molecule has 4 heteroatoms. The summed E-state index contributed by atoms with van der Waals surface area (Å²) in [6, 6.07) is 5.47. The number of nitrogens with one attached hydrogen (secondary N) is 1. The number of rotatable bonds is 3. The van der Waals surface area contributed by atoms with Crippen molar-refractivity contribution in [1.29, 1.82) is 0 Å². The van der Waals surface area contributed by atoms with Crippen molar-refractivity contribution in [2.24, 2.45) is 5.92 Å². The van der Waals surface area contributed by atoms with Gasteiger partial charge in [-0.25, -0.2) is 4.39 Å². The Labute approximate surface area is 131 Å². The topological polar surface area (TPSA) is 32.3 Å². The number of aryl methyl sites for hydroxylation is 1. The first-order chi connectivity index (χ1) is 10.6. The molecule has 1 saturated carbocycles. The second-order valence-corrected chi connectivity index (χ2v) is 6.68. The van der Waals surface area contributed by atoms with E-state index < -0.39 is 0 Å². The van der Waals surface area contributed by atoms with E-state index in [1.54, 1.807) is 6.07 Å². The van der Waals surface area contributed by atoms with Gasteiger partial charge in [0, 0.05) is 12.6 Å².